The molecule has 1 aromatic heterocycles. The molecule has 3 heteroatoms. The van der Waals surface area contributed by atoms with Crippen LogP contribution in [-0.4, -0.2) is 9.78 Å². The van der Waals surface area contributed by atoms with Gasteiger partial charge in [-0.15, -0.1) is 0 Å². The van der Waals surface area contributed by atoms with Crippen molar-refractivity contribution in [3.05, 3.63) is 48.0 Å². The Bertz CT molecular complexity index is 420. The van der Waals surface area contributed by atoms with Gasteiger partial charge in [0.2, 0.25) is 0 Å². The highest BCUT2D eigenvalue weighted by Crippen LogP contribution is 2.11. The summed E-state index contributed by atoms with van der Waals surface area (Å²) in [6, 6.07) is 9.39. The van der Waals surface area contributed by atoms with E-state index in [9.17, 15) is 4.39 Å². The number of rotatable bonds is 1. The van der Waals surface area contributed by atoms with Crippen molar-refractivity contribution in [3.8, 4) is 5.69 Å². The van der Waals surface area contributed by atoms with Crippen molar-refractivity contribution < 1.29 is 4.39 Å². The SMILES string of the molecule is Cc1[c]cn(-c2ccccc2F)n1. The van der Waals surface area contributed by atoms with Gasteiger partial charge in [-0.1, -0.05) is 12.1 Å². The van der Waals surface area contributed by atoms with Crippen LogP contribution in [0.5, 0.6) is 0 Å². The first-order valence-corrected chi connectivity index (χ1v) is 3.96. The number of nitrogens with zero attached hydrogens (tertiary/aromatic N) is 2. The maximum atomic E-state index is 13.2. The van der Waals surface area contributed by atoms with E-state index in [0.717, 1.165) is 5.69 Å². The maximum Gasteiger partial charge on any atom is 0.148 e. The van der Waals surface area contributed by atoms with E-state index >= 15 is 0 Å². The number of aryl methyl sites for hydroxylation is 1. The van der Waals surface area contributed by atoms with Crippen LogP contribution in [0.25, 0.3) is 5.69 Å². The maximum absolute atomic E-state index is 13.2. The lowest BCUT2D eigenvalue weighted by Gasteiger charge is -2.01. The van der Waals surface area contributed by atoms with E-state index in [-0.39, 0.29) is 5.82 Å². The average Bonchev–Trinajstić information content (AvgIpc) is 2.53. The lowest BCUT2D eigenvalue weighted by Crippen LogP contribution is -1.97. The van der Waals surface area contributed by atoms with Crippen LogP contribution in [0.1, 0.15) is 5.69 Å². The van der Waals surface area contributed by atoms with Crippen molar-refractivity contribution in [2.75, 3.05) is 0 Å². The van der Waals surface area contributed by atoms with Gasteiger partial charge in [0.05, 0.1) is 5.69 Å². The predicted molar refractivity (Wildman–Crippen MR) is 47.1 cm³/mol. The van der Waals surface area contributed by atoms with Crippen LogP contribution < -0.4 is 0 Å². The Balaban J connectivity index is 2.52. The van der Waals surface area contributed by atoms with E-state index < -0.39 is 0 Å². The summed E-state index contributed by atoms with van der Waals surface area (Å²) in [5.41, 5.74) is 1.20. The molecule has 2 rings (SSSR count). The van der Waals surface area contributed by atoms with E-state index in [1.807, 2.05) is 6.92 Å². The van der Waals surface area contributed by atoms with Crippen LogP contribution in [0.2, 0.25) is 0 Å². The quantitative estimate of drug-likeness (QED) is 0.649. The molecule has 0 saturated heterocycles. The van der Waals surface area contributed by atoms with Gasteiger partial charge in [-0.05, 0) is 19.1 Å². The predicted octanol–water partition coefficient (Wildman–Crippen LogP) is 2.12. The number of para-hydroxylation sites is 1. The van der Waals surface area contributed by atoms with Crippen LogP contribution >= 0.6 is 0 Å². The Labute approximate surface area is 75.6 Å². The summed E-state index contributed by atoms with van der Waals surface area (Å²) in [6.07, 6.45) is 1.62. The Morgan fingerprint density at radius 2 is 2.15 bits per heavy atom. The van der Waals surface area contributed by atoms with Crippen LogP contribution in [0.4, 0.5) is 4.39 Å². The highest BCUT2D eigenvalue weighted by molar-refractivity contribution is 5.32. The molecule has 0 aliphatic rings. The molecule has 0 atom stereocenters. The fourth-order valence-corrected chi connectivity index (χ4v) is 1.13. The molecule has 13 heavy (non-hydrogen) atoms. The van der Waals surface area contributed by atoms with Gasteiger partial charge in [-0.3, -0.25) is 0 Å². The van der Waals surface area contributed by atoms with Gasteiger partial charge in [0.15, 0.2) is 0 Å². The van der Waals surface area contributed by atoms with Gasteiger partial charge in [0.1, 0.15) is 11.5 Å². The second kappa shape index (κ2) is 3.01. The molecule has 0 amide bonds. The smallest absolute Gasteiger partial charge is 0.148 e. The third-order valence-electron chi connectivity index (χ3n) is 1.75. The topological polar surface area (TPSA) is 17.8 Å². The fraction of sp³-hybridized carbons (Fsp3) is 0.100. The summed E-state index contributed by atoms with van der Waals surface area (Å²) in [5.74, 6) is -0.279. The third-order valence-corrected chi connectivity index (χ3v) is 1.75. The lowest BCUT2D eigenvalue weighted by atomic mass is 10.3. The van der Waals surface area contributed by atoms with Crippen molar-refractivity contribution in [2.45, 2.75) is 6.92 Å². The number of aromatic nitrogens is 2. The second-order valence-electron chi connectivity index (χ2n) is 2.75. The zero-order chi connectivity index (χ0) is 9.26. The molecule has 0 aliphatic carbocycles. The number of benzene rings is 1. The highest BCUT2D eigenvalue weighted by Gasteiger charge is 2.03. The molecule has 0 spiro atoms. The van der Waals surface area contributed by atoms with E-state index in [1.165, 1.54) is 10.7 Å². The summed E-state index contributed by atoms with van der Waals surface area (Å²) in [6.45, 7) is 1.82. The number of hydrogen-bond acceptors (Lipinski definition) is 1. The lowest BCUT2D eigenvalue weighted by molar-refractivity contribution is 0.610. The first-order chi connectivity index (χ1) is 6.27. The third kappa shape index (κ3) is 1.45. The standard InChI is InChI=1S/C10H8FN2/c1-8-6-7-13(12-8)10-5-3-2-4-9(10)11/h2-5,7H,1H3. The van der Waals surface area contributed by atoms with Crippen LogP contribution in [-0.2, 0) is 0 Å². The van der Waals surface area contributed by atoms with Crippen LogP contribution in [0.3, 0.4) is 0 Å². The molecular formula is C10H8FN2. The molecule has 0 fully saturated rings. The Hall–Kier alpha value is -1.64. The number of hydrogen-bond donors (Lipinski definition) is 0. The van der Waals surface area contributed by atoms with E-state index in [1.54, 1.807) is 24.4 Å². The highest BCUT2D eigenvalue weighted by atomic mass is 19.1. The van der Waals surface area contributed by atoms with Gasteiger partial charge in [0, 0.05) is 12.3 Å². The van der Waals surface area contributed by atoms with Crippen molar-refractivity contribution >= 4 is 0 Å². The summed E-state index contributed by atoms with van der Waals surface area (Å²) in [5, 5.41) is 4.06. The molecule has 0 bridgehead atoms. The Morgan fingerprint density at radius 1 is 1.38 bits per heavy atom. The van der Waals surface area contributed by atoms with Crippen LogP contribution in [0.15, 0.2) is 30.5 Å². The van der Waals surface area contributed by atoms with Gasteiger partial charge in [0.25, 0.3) is 0 Å². The molecule has 2 nitrogen and oxygen atoms in total. The first kappa shape index (κ1) is 7.98. The minimum atomic E-state index is -0.279. The van der Waals surface area contributed by atoms with Gasteiger partial charge < -0.3 is 0 Å². The monoisotopic (exact) mass is 175 g/mol. The van der Waals surface area contributed by atoms with Crippen molar-refractivity contribution in [1.29, 1.82) is 0 Å². The zero-order valence-corrected chi connectivity index (χ0v) is 7.16. The molecular weight excluding hydrogens is 167 g/mol. The Morgan fingerprint density at radius 3 is 2.77 bits per heavy atom. The van der Waals surface area contributed by atoms with E-state index in [4.69, 9.17) is 0 Å². The fourth-order valence-electron chi connectivity index (χ4n) is 1.13. The molecule has 0 saturated carbocycles. The van der Waals surface area contributed by atoms with Crippen LogP contribution in [0, 0.1) is 18.8 Å². The minimum absolute atomic E-state index is 0.279. The summed E-state index contributed by atoms with van der Waals surface area (Å²) < 4.78 is 14.7. The Kier molecular flexibility index (Phi) is 1.85. The van der Waals surface area contributed by atoms with Crippen molar-refractivity contribution in [3.63, 3.8) is 0 Å². The van der Waals surface area contributed by atoms with E-state index in [2.05, 4.69) is 11.2 Å². The number of halogens is 1. The normalized spacial score (nSPS) is 10.3. The largest absolute Gasteiger partial charge is 0.237 e. The molecule has 0 aliphatic heterocycles. The van der Waals surface area contributed by atoms with Gasteiger partial charge in [-0.2, -0.15) is 5.10 Å². The molecule has 2 aromatic rings. The van der Waals surface area contributed by atoms with Crippen molar-refractivity contribution in [2.24, 2.45) is 0 Å². The molecule has 1 heterocycles. The average molecular weight is 175 g/mol. The van der Waals surface area contributed by atoms with Gasteiger partial charge >= 0.3 is 0 Å². The molecule has 1 radical (unpaired) electrons. The van der Waals surface area contributed by atoms with Crippen molar-refractivity contribution in [1.82, 2.24) is 9.78 Å². The molecule has 0 unspecified atom stereocenters. The summed E-state index contributed by atoms with van der Waals surface area (Å²) >= 11 is 0. The van der Waals surface area contributed by atoms with Gasteiger partial charge in [-0.25, -0.2) is 9.07 Å². The molecule has 65 valence electrons. The molecule has 1 aromatic carbocycles. The second-order valence-corrected chi connectivity index (χ2v) is 2.75. The molecule has 0 N–H and O–H groups in total. The minimum Gasteiger partial charge on any atom is -0.237 e. The first-order valence-electron chi connectivity index (χ1n) is 3.96. The summed E-state index contributed by atoms with van der Waals surface area (Å²) in [7, 11) is 0. The van der Waals surface area contributed by atoms with E-state index in [0.29, 0.717) is 5.69 Å². The summed E-state index contributed by atoms with van der Waals surface area (Å²) in [4.78, 5) is 0. The zero-order valence-electron chi connectivity index (χ0n) is 7.16.